The summed E-state index contributed by atoms with van der Waals surface area (Å²) < 4.78 is 0. The lowest BCUT2D eigenvalue weighted by Gasteiger charge is -2.00. The van der Waals surface area contributed by atoms with Crippen molar-refractivity contribution in [1.82, 2.24) is 0 Å². The third kappa shape index (κ3) is 11.5. The van der Waals surface area contributed by atoms with Gasteiger partial charge in [-0.05, 0) is 12.8 Å². The number of unbranched alkanes of at least 4 members (excludes halogenated alkanes) is 8. The maximum absolute atomic E-state index is 10.2. The Kier molecular flexibility index (Phi) is 10.2. The molecule has 0 aromatic heterocycles. The first-order chi connectivity index (χ1) is 6.77. The van der Waals surface area contributed by atoms with Gasteiger partial charge in [0.1, 0.15) is 0 Å². The third-order valence-electron chi connectivity index (χ3n) is 2.34. The first kappa shape index (κ1) is 13.5. The zero-order chi connectivity index (χ0) is 10.6. The van der Waals surface area contributed by atoms with Crippen LogP contribution in [0.4, 0.5) is 0 Å². The lowest BCUT2D eigenvalue weighted by molar-refractivity contribution is -0.137. The molecule has 0 aliphatic rings. The average Bonchev–Trinajstić information content (AvgIpc) is 2.15. The maximum Gasteiger partial charge on any atom is 0.303 e. The lowest BCUT2D eigenvalue weighted by atomic mass is 10.1. The highest BCUT2D eigenvalue weighted by molar-refractivity contribution is 5.66. The van der Waals surface area contributed by atoms with Gasteiger partial charge < -0.3 is 5.11 Å². The summed E-state index contributed by atoms with van der Waals surface area (Å²) >= 11 is 0. The first-order valence-corrected chi connectivity index (χ1v) is 5.80. The minimum Gasteiger partial charge on any atom is -0.481 e. The van der Waals surface area contributed by atoms with E-state index in [2.05, 4.69) is 13.3 Å². The van der Waals surface area contributed by atoms with Crippen LogP contribution in [-0.4, -0.2) is 11.1 Å². The van der Waals surface area contributed by atoms with E-state index in [1.165, 1.54) is 38.5 Å². The van der Waals surface area contributed by atoms with Gasteiger partial charge in [0.25, 0.3) is 0 Å². The normalized spacial score (nSPS) is 10.4. The van der Waals surface area contributed by atoms with Gasteiger partial charge in [-0.25, -0.2) is 0 Å². The standard InChI is InChI=1S/C12H23O2/c1-2-3-4-5-6-7-8-9-10-11-12(13)14/h3H,2,4-11H2,1H3,(H,13,14). The van der Waals surface area contributed by atoms with Crippen LogP contribution in [0.25, 0.3) is 0 Å². The van der Waals surface area contributed by atoms with Gasteiger partial charge >= 0.3 is 5.97 Å². The summed E-state index contributed by atoms with van der Waals surface area (Å²) in [5, 5.41) is 8.41. The number of hydrogen-bond donors (Lipinski definition) is 1. The molecule has 0 aliphatic heterocycles. The topological polar surface area (TPSA) is 37.3 Å². The molecule has 0 aromatic rings. The molecule has 0 bridgehead atoms. The van der Waals surface area contributed by atoms with Gasteiger partial charge in [0.2, 0.25) is 0 Å². The molecule has 1 N–H and O–H groups in total. The number of aliphatic carboxylic acids is 1. The van der Waals surface area contributed by atoms with Gasteiger partial charge in [-0.3, -0.25) is 4.79 Å². The van der Waals surface area contributed by atoms with Gasteiger partial charge in [-0.15, -0.1) is 0 Å². The van der Waals surface area contributed by atoms with Gasteiger partial charge in [-0.1, -0.05) is 51.9 Å². The minimum atomic E-state index is -0.664. The Labute approximate surface area is 87.7 Å². The Morgan fingerprint density at radius 3 is 2.21 bits per heavy atom. The Morgan fingerprint density at radius 2 is 1.64 bits per heavy atom. The number of rotatable bonds is 10. The molecular weight excluding hydrogens is 176 g/mol. The molecule has 0 unspecified atom stereocenters. The van der Waals surface area contributed by atoms with E-state index in [1.807, 2.05) is 0 Å². The fourth-order valence-electron chi connectivity index (χ4n) is 1.48. The van der Waals surface area contributed by atoms with Crippen LogP contribution in [0.3, 0.4) is 0 Å². The molecule has 0 aliphatic carbocycles. The van der Waals surface area contributed by atoms with Crippen LogP contribution in [0.1, 0.15) is 64.7 Å². The molecule has 0 heterocycles. The smallest absolute Gasteiger partial charge is 0.303 e. The largest absolute Gasteiger partial charge is 0.481 e. The van der Waals surface area contributed by atoms with Crippen LogP contribution in [0.2, 0.25) is 0 Å². The van der Waals surface area contributed by atoms with Crippen LogP contribution in [0.5, 0.6) is 0 Å². The number of carboxylic acid groups (broad SMARTS) is 1. The molecule has 83 valence electrons. The minimum absolute atomic E-state index is 0.337. The average molecular weight is 199 g/mol. The third-order valence-corrected chi connectivity index (χ3v) is 2.34. The molecule has 0 spiro atoms. The molecule has 2 heteroatoms. The highest BCUT2D eigenvalue weighted by Gasteiger charge is 1.96. The van der Waals surface area contributed by atoms with E-state index < -0.39 is 5.97 Å². The summed E-state index contributed by atoms with van der Waals surface area (Å²) in [6.45, 7) is 2.17. The van der Waals surface area contributed by atoms with Crippen LogP contribution < -0.4 is 0 Å². The van der Waals surface area contributed by atoms with E-state index in [-0.39, 0.29) is 0 Å². The van der Waals surface area contributed by atoms with Gasteiger partial charge in [0.05, 0.1) is 0 Å². The Balaban J connectivity index is 2.88. The van der Waals surface area contributed by atoms with Crippen molar-refractivity contribution in [2.24, 2.45) is 0 Å². The zero-order valence-corrected chi connectivity index (χ0v) is 9.30. The molecule has 0 fully saturated rings. The summed E-state index contributed by atoms with van der Waals surface area (Å²) in [5.74, 6) is -0.664. The van der Waals surface area contributed by atoms with Crippen LogP contribution in [-0.2, 0) is 4.79 Å². The molecule has 0 aromatic carbocycles. The summed E-state index contributed by atoms with van der Waals surface area (Å²) in [5.41, 5.74) is 0. The van der Waals surface area contributed by atoms with Crippen molar-refractivity contribution in [3.63, 3.8) is 0 Å². The van der Waals surface area contributed by atoms with Crippen LogP contribution in [0, 0.1) is 6.42 Å². The monoisotopic (exact) mass is 199 g/mol. The van der Waals surface area contributed by atoms with E-state index in [1.54, 1.807) is 0 Å². The quantitative estimate of drug-likeness (QED) is 0.543. The van der Waals surface area contributed by atoms with Crippen molar-refractivity contribution in [1.29, 1.82) is 0 Å². The van der Waals surface area contributed by atoms with Crippen LogP contribution >= 0.6 is 0 Å². The van der Waals surface area contributed by atoms with Gasteiger partial charge in [0, 0.05) is 6.42 Å². The molecule has 0 amide bonds. The molecule has 0 atom stereocenters. The van der Waals surface area contributed by atoms with Gasteiger partial charge in [0.15, 0.2) is 0 Å². The van der Waals surface area contributed by atoms with Crippen molar-refractivity contribution < 1.29 is 9.90 Å². The Morgan fingerprint density at radius 1 is 1.07 bits per heavy atom. The summed E-state index contributed by atoms with van der Waals surface area (Å²) in [4.78, 5) is 10.2. The zero-order valence-electron chi connectivity index (χ0n) is 9.30. The fourth-order valence-corrected chi connectivity index (χ4v) is 1.48. The second-order valence-corrected chi connectivity index (χ2v) is 3.75. The predicted octanol–water partition coefficient (Wildman–Crippen LogP) is 3.81. The van der Waals surface area contributed by atoms with Crippen LogP contribution in [0.15, 0.2) is 0 Å². The van der Waals surface area contributed by atoms with Crippen molar-refractivity contribution >= 4 is 5.97 Å². The summed E-state index contributed by atoms with van der Waals surface area (Å²) in [6.07, 6.45) is 12.0. The van der Waals surface area contributed by atoms with Gasteiger partial charge in [-0.2, -0.15) is 0 Å². The molecule has 0 saturated heterocycles. The number of carboxylic acids is 1. The Hall–Kier alpha value is -0.530. The first-order valence-electron chi connectivity index (χ1n) is 5.80. The summed E-state index contributed by atoms with van der Waals surface area (Å²) in [7, 11) is 0. The molecular formula is C12H23O2. The Bertz CT molecular complexity index is 132. The molecule has 1 radical (unpaired) electrons. The highest BCUT2D eigenvalue weighted by atomic mass is 16.4. The molecule has 14 heavy (non-hydrogen) atoms. The lowest BCUT2D eigenvalue weighted by Crippen LogP contribution is -1.93. The highest BCUT2D eigenvalue weighted by Crippen LogP contribution is 2.09. The SMILES string of the molecule is CC[CH]CCCCCCCCC(=O)O. The fraction of sp³-hybridized carbons (Fsp3) is 0.833. The molecule has 0 rings (SSSR count). The predicted molar refractivity (Wildman–Crippen MR) is 59.2 cm³/mol. The maximum atomic E-state index is 10.2. The van der Waals surface area contributed by atoms with E-state index in [0.717, 1.165) is 12.8 Å². The van der Waals surface area contributed by atoms with Crippen molar-refractivity contribution in [2.45, 2.75) is 64.7 Å². The van der Waals surface area contributed by atoms with Crippen molar-refractivity contribution in [3.8, 4) is 0 Å². The van der Waals surface area contributed by atoms with E-state index >= 15 is 0 Å². The van der Waals surface area contributed by atoms with Crippen molar-refractivity contribution in [3.05, 3.63) is 6.42 Å². The molecule has 0 saturated carbocycles. The molecule has 2 nitrogen and oxygen atoms in total. The second kappa shape index (κ2) is 10.6. The number of hydrogen-bond acceptors (Lipinski definition) is 1. The second-order valence-electron chi connectivity index (χ2n) is 3.75. The van der Waals surface area contributed by atoms with Crippen molar-refractivity contribution in [2.75, 3.05) is 0 Å². The van der Waals surface area contributed by atoms with E-state index in [9.17, 15) is 4.79 Å². The van der Waals surface area contributed by atoms with E-state index in [0.29, 0.717) is 6.42 Å². The number of carbonyl (C=O) groups is 1. The van der Waals surface area contributed by atoms with E-state index in [4.69, 9.17) is 5.11 Å². The summed E-state index contributed by atoms with van der Waals surface area (Å²) in [6, 6.07) is 0.